The third-order valence-electron chi connectivity index (χ3n) is 2.34. The lowest BCUT2D eigenvalue weighted by atomic mass is 10.2. The third kappa shape index (κ3) is 2.57. The number of methoxy groups -OCH3 is 1. The molecule has 0 aliphatic heterocycles. The minimum Gasteiger partial charge on any atom is -0.504 e. The minimum atomic E-state index is 0.0488. The van der Waals surface area contributed by atoms with Gasteiger partial charge in [-0.25, -0.2) is 9.98 Å². The molecule has 0 aliphatic rings. The summed E-state index contributed by atoms with van der Waals surface area (Å²) in [4.78, 5) is 8.17. The van der Waals surface area contributed by atoms with E-state index < -0.39 is 0 Å². The molecule has 0 amide bonds. The number of nitrogens with zero attached hydrogens (tertiary/aromatic N) is 2. The number of para-hydroxylation sites is 1. The van der Waals surface area contributed by atoms with Gasteiger partial charge in [0.05, 0.1) is 7.11 Å². The summed E-state index contributed by atoms with van der Waals surface area (Å²) in [6, 6.07) is 10.3. The first-order valence-corrected chi connectivity index (χ1v) is 5.33. The van der Waals surface area contributed by atoms with Crippen molar-refractivity contribution in [1.82, 2.24) is 4.98 Å². The number of phenols is 1. The van der Waals surface area contributed by atoms with Crippen molar-refractivity contribution in [3.05, 3.63) is 42.0 Å². The number of phenolic OH excluding ortho intramolecular Hbond substituents is 1. The van der Waals surface area contributed by atoms with Crippen molar-refractivity contribution >= 4 is 17.9 Å². The minimum absolute atomic E-state index is 0.0488. The first-order chi connectivity index (χ1) is 8.70. The van der Waals surface area contributed by atoms with Crippen LogP contribution in [-0.2, 0) is 0 Å². The van der Waals surface area contributed by atoms with Gasteiger partial charge in [0.2, 0.25) is 0 Å². The van der Waals surface area contributed by atoms with Crippen molar-refractivity contribution < 1.29 is 9.84 Å². The van der Waals surface area contributed by atoms with Gasteiger partial charge in [0.15, 0.2) is 17.3 Å². The molecular weight excluding hydrogens is 230 g/mol. The van der Waals surface area contributed by atoms with E-state index >= 15 is 0 Å². The zero-order valence-corrected chi connectivity index (χ0v) is 9.87. The van der Waals surface area contributed by atoms with Gasteiger partial charge in [-0.05, 0) is 24.3 Å². The lowest BCUT2D eigenvalue weighted by Crippen LogP contribution is -1.90. The van der Waals surface area contributed by atoms with E-state index in [0.29, 0.717) is 22.9 Å². The Bertz CT molecular complexity index is 582. The Hall–Kier alpha value is -2.56. The molecule has 3 N–H and O–H groups in total. The van der Waals surface area contributed by atoms with Gasteiger partial charge < -0.3 is 15.6 Å². The van der Waals surface area contributed by atoms with Gasteiger partial charge in [-0.1, -0.05) is 12.1 Å². The number of aromatic hydroxyl groups is 1. The number of ether oxygens (including phenoxy) is 1. The number of nitrogen functional groups attached to an aromatic ring is 1. The van der Waals surface area contributed by atoms with E-state index in [1.54, 1.807) is 36.4 Å². The highest BCUT2D eigenvalue weighted by atomic mass is 16.5. The molecule has 0 radical (unpaired) electrons. The molecule has 0 bridgehead atoms. The molecule has 0 aliphatic carbocycles. The van der Waals surface area contributed by atoms with Gasteiger partial charge in [0.1, 0.15) is 5.82 Å². The Morgan fingerprint density at radius 1 is 1.28 bits per heavy atom. The largest absolute Gasteiger partial charge is 0.504 e. The number of hydrogen-bond acceptors (Lipinski definition) is 5. The predicted octanol–water partition coefficient (Wildman–Crippen LogP) is 2.13. The van der Waals surface area contributed by atoms with Crippen molar-refractivity contribution in [1.29, 1.82) is 0 Å². The molecule has 92 valence electrons. The van der Waals surface area contributed by atoms with Gasteiger partial charge in [-0.3, -0.25) is 0 Å². The smallest absolute Gasteiger partial charge is 0.166 e. The van der Waals surface area contributed by atoms with Crippen LogP contribution in [0.1, 0.15) is 5.56 Å². The van der Waals surface area contributed by atoms with Crippen molar-refractivity contribution in [2.45, 2.75) is 0 Å². The topological polar surface area (TPSA) is 80.7 Å². The van der Waals surface area contributed by atoms with Crippen LogP contribution < -0.4 is 10.5 Å². The SMILES string of the molecule is COc1cccc(C=Nc2cccc(N)n2)c1O. The van der Waals surface area contributed by atoms with Crippen LogP contribution in [0.4, 0.5) is 11.6 Å². The van der Waals surface area contributed by atoms with Gasteiger partial charge >= 0.3 is 0 Å². The Kier molecular flexibility index (Phi) is 3.43. The average Bonchev–Trinajstić information content (AvgIpc) is 2.38. The molecule has 0 spiro atoms. The van der Waals surface area contributed by atoms with Gasteiger partial charge in [0, 0.05) is 11.8 Å². The van der Waals surface area contributed by atoms with E-state index in [4.69, 9.17) is 10.5 Å². The Balaban J connectivity index is 2.29. The van der Waals surface area contributed by atoms with Crippen molar-refractivity contribution in [3.8, 4) is 11.5 Å². The molecule has 0 saturated carbocycles. The molecule has 0 fully saturated rings. The quantitative estimate of drug-likeness (QED) is 0.809. The highest BCUT2D eigenvalue weighted by Crippen LogP contribution is 2.28. The molecule has 0 unspecified atom stereocenters. The van der Waals surface area contributed by atoms with Crippen LogP contribution in [0.15, 0.2) is 41.4 Å². The summed E-state index contributed by atoms with van der Waals surface area (Å²) >= 11 is 0. The maximum Gasteiger partial charge on any atom is 0.166 e. The Morgan fingerprint density at radius 2 is 2.06 bits per heavy atom. The molecule has 1 aromatic carbocycles. The van der Waals surface area contributed by atoms with E-state index in [9.17, 15) is 5.11 Å². The fraction of sp³-hybridized carbons (Fsp3) is 0.0769. The molecule has 1 aromatic heterocycles. The number of pyridine rings is 1. The van der Waals surface area contributed by atoms with Crippen LogP contribution in [0.2, 0.25) is 0 Å². The highest BCUT2D eigenvalue weighted by molar-refractivity contribution is 5.86. The van der Waals surface area contributed by atoms with E-state index in [1.807, 2.05) is 0 Å². The maximum atomic E-state index is 9.86. The van der Waals surface area contributed by atoms with Crippen LogP contribution in [0.25, 0.3) is 0 Å². The van der Waals surface area contributed by atoms with E-state index in [0.717, 1.165) is 0 Å². The number of rotatable bonds is 3. The van der Waals surface area contributed by atoms with Gasteiger partial charge in [-0.2, -0.15) is 0 Å². The lowest BCUT2D eigenvalue weighted by Gasteiger charge is -2.04. The molecule has 2 aromatic rings. The molecular formula is C13H13N3O2. The summed E-state index contributed by atoms with van der Waals surface area (Å²) in [5.41, 5.74) is 6.10. The van der Waals surface area contributed by atoms with Crippen LogP contribution in [0.3, 0.4) is 0 Å². The Labute approximate surface area is 105 Å². The van der Waals surface area contributed by atoms with Gasteiger partial charge in [-0.15, -0.1) is 0 Å². The zero-order chi connectivity index (χ0) is 13.0. The molecule has 5 heteroatoms. The third-order valence-corrected chi connectivity index (χ3v) is 2.34. The number of nitrogens with two attached hydrogens (primary N) is 1. The van der Waals surface area contributed by atoms with E-state index in [1.165, 1.54) is 13.3 Å². The summed E-state index contributed by atoms with van der Waals surface area (Å²) < 4.78 is 5.01. The molecule has 2 rings (SSSR count). The first kappa shape index (κ1) is 11.9. The van der Waals surface area contributed by atoms with Crippen LogP contribution >= 0.6 is 0 Å². The molecule has 18 heavy (non-hydrogen) atoms. The summed E-state index contributed by atoms with van der Waals surface area (Å²) in [6.45, 7) is 0. The predicted molar refractivity (Wildman–Crippen MR) is 70.6 cm³/mol. The molecule has 5 nitrogen and oxygen atoms in total. The first-order valence-electron chi connectivity index (χ1n) is 5.33. The summed E-state index contributed by atoms with van der Waals surface area (Å²) in [5.74, 6) is 1.34. The van der Waals surface area contributed by atoms with Crippen molar-refractivity contribution in [2.75, 3.05) is 12.8 Å². The number of benzene rings is 1. The van der Waals surface area contributed by atoms with Crippen LogP contribution in [0, 0.1) is 0 Å². The zero-order valence-electron chi connectivity index (χ0n) is 9.87. The summed E-state index contributed by atoms with van der Waals surface area (Å²) in [6.07, 6.45) is 1.51. The normalized spacial score (nSPS) is 10.7. The van der Waals surface area contributed by atoms with E-state index in [-0.39, 0.29) is 5.75 Å². The number of aromatic nitrogens is 1. The molecule has 0 saturated heterocycles. The second-order valence-electron chi connectivity index (χ2n) is 3.58. The number of hydrogen-bond donors (Lipinski definition) is 2. The summed E-state index contributed by atoms with van der Waals surface area (Å²) in [5, 5.41) is 9.86. The van der Waals surface area contributed by atoms with Crippen LogP contribution in [-0.4, -0.2) is 23.4 Å². The monoisotopic (exact) mass is 243 g/mol. The van der Waals surface area contributed by atoms with Crippen molar-refractivity contribution in [2.24, 2.45) is 4.99 Å². The second kappa shape index (κ2) is 5.18. The average molecular weight is 243 g/mol. The summed E-state index contributed by atoms with van der Waals surface area (Å²) in [7, 11) is 1.50. The lowest BCUT2D eigenvalue weighted by molar-refractivity contribution is 0.373. The second-order valence-corrected chi connectivity index (χ2v) is 3.58. The standard InChI is InChI=1S/C13H13N3O2/c1-18-10-5-2-4-9(13(10)17)8-15-12-7-3-6-11(14)16-12/h2-8,17H,1H3,(H2,14,16). The van der Waals surface area contributed by atoms with E-state index in [2.05, 4.69) is 9.98 Å². The number of anilines is 1. The highest BCUT2D eigenvalue weighted by Gasteiger charge is 2.04. The van der Waals surface area contributed by atoms with Gasteiger partial charge in [0.25, 0.3) is 0 Å². The molecule has 1 heterocycles. The molecule has 0 atom stereocenters. The Morgan fingerprint density at radius 3 is 2.78 bits per heavy atom. The maximum absolute atomic E-state index is 9.86. The fourth-order valence-corrected chi connectivity index (χ4v) is 1.46. The van der Waals surface area contributed by atoms with Crippen molar-refractivity contribution in [3.63, 3.8) is 0 Å². The van der Waals surface area contributed by atoms with Crippen LogP contribution in [0.5, 0.6) is 11.5 Å². The fourth-order valence-electron chi connectivity index (χ4n) is 1.46. The number of aliphatic imine (C=N–C) groups is 1.